The molecule has 1 heterocycles. The lowest BCUT2D eigenvalue weighted by atomic mass is 10.1. The predicted molar refractivity (Wildman–Crippen MR) is 119 cm³/mol. The first-order chi connectivity index (χ1) is 14.6. The summed E-state index contributed by atoms with van der Waals surface area (Å²) in [5.41, 5.74) is 0.878. The molecule has 1 aliphatic rings. The molecule has 1 saturated heterocycles. The first-order valence-electron chi connectivity index (χ1n) is 10.0. The van der Waals surface area contributed by atoms with Crippen LogP contribution >= 0.6 is 0 Å². The molecule has 0 saturated carbocycles. The van der Waals surface area contributed by atoms with Crippen LogP contribution < -0.4 is 5.32 Å². The number of carbonyl (C=O) groups is 1. The van der Waals surface area contributed by atoms with Gasteiger partial charge in [0.05, 0.1) is 16.3 Å². The lowest BCUT2D eigenvalue weighted by molar-refractivity contribution is 0.101. The van der Waals surface area contributed by atoms with Crippen molar-refractivity contribution < 1.29 is 21.6 Å². The molecule has 0 spiro atoms. The van der Waals surface area contributed by atoms with Crippen molar-refractivity contribution in [2.24, 2.45) is 0 Å². The summed E-state index contributed by atoms with van der Waals surface area (Å²) in [5.74, 6) is -0.277. The van der Waals surface area contributed by atoms with Crippen LogP contribution in [-0.2, 0) is 20.0 Å². The second kappa shape index (κ2) is 9.47. The molecule has 0 radical (unpaired) electrons. The molecule has 8 nitrogen and oxygen atoms in total. The van der Waals surface area contributed by atoms with Crippen molar-refractivity contribution in [2.45, 2.75) is 29.1 Å². The van der Waals surface area contributed by atoms with Crippen LogP contribution in [-0.4, -0.2) is 65.0 Å². The molecule has 10 heteroatoms. The molecule has 168 valence electrons. The molecule has 0 bridgehead atoms. The molecule has 0 amide bonds. The van der Waals surface area contributed by atoms with E-state index in [0.29, 0.717) is 18.8 Å². The van der Waals surface area contributed by atoms with Gasteiger partial charge in [0.2, 0.25) is 20.0 Å². The van der Waals surface area contributed by atoms with Crippen LogP contribution in [0.15, 0.2) is 58.3 Å². The van der Waals surface area contributed by atoms with Crippen molar-refractivity contribution in [1.29, 1.82) is 0 Å². The third-order valence-corrected chi connectivity index (χ3v) is 8.92. The molecule has 31 heavy (non-hydrogen) atoms. The Morgan fingerprint density at radius 2 is 1.58 bits per heavy atom. The van der Waals surface area contributed by atoms with Crippen LogP contribution in [0.4, 0.5) is 5.69 Å². The molecule has 1 N–H and O–H groups in total. The van der Waals surface area contributed by atoms with E-state index in [9.17, 15) is 21.6 Å². The fourth-order valence-electron chi connectivity index (χ4n) is 3.32. The lowest BCUT2D eigenvalue weighted by Gasteiger charge is -2.25. The van der Waals surface area contributed by atoms with E-state index in [-0.39, 0.29) is 27.7 Å². The van der Waals surface area contributed by atoms with Gasteiger partial charge < -0.3 is 5.32 Å². The molecule has 2 aromatic rings. The number of nitrogens with zero attached hydrogens (tertiary/aromatic N) is 2. The molecule has 3 rings (SSSR count). The van der Waals surface area contributed by atoms with Crippen LogP contribution in [0.5, 0.6) is 0 Å². The molecular weight excluding hydrogens is 438 g/mol. The van der Waals surface area contributed by atoms with Gasteiger partial charge in [-0.1, -0.05) is 18.6 Å². The lowest BCUT2D eigenvalue weighted by Crippen LogP contribution is -2.35. The van der Waals surface area contributed by atoms with Gasteiger partial charge in [0.25, 0.3) is 0 Å². The van der Waals surface area contributed by atoms with Crippen LogP contribution in [0.3, 0.4) is 0 Å². The van der Waals surface area contributed by atoms with E-state index >= 15 is 0 Å². The fraction of sp³-hybridized carbons (Fsp3) is 0.381. The van der Waals surface area contributed by atoms with Gasteiger partial charge in [-0.05, 0) is 49.2 Å². The number of anilines is 1. The van der Waals surface area contributed by atoms with E-state index < -0.39 is 20.0 Å². The zero-order valence-electron chi connectivity index (χ0n) is 17.6. The van der Waals surface area contributed by atoms with Crippen LogP contribution in [0.25, 0.3) is 0 Å². The predicted octanol–water partition coefficient (Wildman–Crippen LogP) is 2.41. The summed E-state index contributed by atoms with van der Waals surface area (Å²) in [6.45, 7) is 1.03. The summed E-state index contributed by atoms with van der Waals surface area (Å²) >= 11 is 0. The second-order valence-corrected chi connectivity index (χ2v) is 11.7. The average molecular weight is 466 g/mol. The van der Waals surface area contributed by atoms with E-state index in [0.717, 1.165) is 23.6 Å². The van der Waals surface area contributed by atoms with Gasteiger partial charge in [0.15, 0.2) is 5.78 Å². The quantitative estimate of drug-likeness (QED) is 0.601. The van der Waals surface area contributed by atoms with Crippen molar-refractivity contribution in [1.82, 2.24) is 8.61 Å². The molecule has 0 unspecified atom stereocenters. The Labute approximate surface area is 184 Å². The number of carbonyl (C=O) groups excluding carboxylic acids is 1. The van der Waals surface area contributed by atoms with Gasteiger partial charge in [-0.2, -0.15) is 4.31 Å². The van der Waals surface area contributed by atoms with Gasteiger partial charge in [-0.25, -0.2) is 21.1 Å². The third kappa shape index (κ3) is 5.32. The summed E-state index contributed by atoms with van der Waals surface area (Å²) in [6, 6.07) is 12.2. The second-order valence-electron chi connectivity index (χ2n) is 7.58. The maximum absolute atomic E-state index is 12.7. The van der Waals surface area contributed by atoms with Gasteiger partial charge in [0.1, 0.15) is 0 Å². The van der Waals surface area contributed by atoms with E-state index in [1.807, 2.05) is 0 Å². The van der Waals surface area contributed by atoms with Crippen molar-refractivity contribution in [3.8, 4) is 0 Å². The van der Waals surface area contributed by atoms with E-state index in [2.05, 4.69) is 5.32 Å². The van der Waals surface area contributed by atoms with E-state index in [1.54, 1.807) is 18.2 Å². The number of rotatable bonds is 8. The maximum atomic E-state index is 12.7. The SMILES string of the molecule is CN(C)S(=O)(=O)c1cccc(C(=O)CNc2ccc(S(=O)(=O)N3CCCCC3)cc2)c1. The standard InChI is InChI=1S/C21H27N3O5S2/c1-23(2)30(26,27)20-8-6-7-17(15-20)21(25)16-22-18-9-11-19(12-10-18)31(28,29)24-13-4-3-5-14-24/h6-12,15,22H,3-5,13-14,16H2,1-2H3. The minimum absolute atomic E-state index is 0.0515. The molecule has 0 atom stereocenters. The van der Waals surface area contributed by atoms with Crippen molar-refractivity contribution in [3.05, 3.63) is 54.1 Å². The van der Waals surface area contributed by atoms with Crippen molar-refractivity contribution in [3.63, 3.8) is 0 Å². The van der Waals surface area contributed by atoms with Crippen molar-refractivity contribution in [2.75, 3.05) is 39.0 Å². The Kier molecular flexibility index (Phi) is 7.15. The number of hydrogen-bond acceptors (Lipinski definition) is 6. The Balaban J connectivity index is 1.66. The monoisotopic (exact) mass is 465 g/mol. The summed E-state index contributed by atoms with van der Waals surface area (Å²) in [5, 5.41) is 2.96. The number of nitrogens with one attached hydrogen (secondary N) is 1. The van der Waals surface area contributed by atoms with Crippen molar-refractivity contribution >= 4 is 31.5 Å². The summed E-state index contributed by atoms with van der Waals surface area (Å²) < 4.78 is 52.5. The zero-order chi connectivity index (χ0) is 22.6. The topological polar surface area (TPSA) is 104 Å². The number of sulfonamides is 2. The highest BCUT2D eigenvalue weighted by Gasteiger charge is 2.25. The first-order valence-corrected chi connectivity index (χ1v) is 12.9. The molecule has 0 aliphatic carbocycles. The number of benzene rings is 2. The van der Waals surface area contributed by atoms with Gasteiger partial charge in [-0.3, -0.25) is 4.79 Å². The Hall–Kier alpha value is -2.27. The number of piperidine rings is 1. The number of hydrogen-bond donors (Lipinski definition) is 1. The molecule has 2 aromatic carbocycles. The summed E-state index contributed by atoms with van der Waals surface area (Å²) in [6.07, 6.45) is 2.79. The Bertz CT molecular complexity index is 1140. The van der Waals surface area contributed by atoms with Crippen LogP contribution in [0.1, 0.15) is 29.6 Å². The fourth-order valence-corrected chi connectivity index (χ4v) is 5.79. The minimum Gasteiger partial charge on any atom is -0.378 e. The molecule has 1 fully saturated rings. The van der Waals surface area contributed by atoms with E-state index in [1.165, 1.54) is 48.7 Å². The molecule has 0 aromatic heterocycles. The summed E-state index contributed by atoms with van der Waals surface area (Å²) in [4.78, 5) is 12.8. The largest absolute Gasteiger partial charge is 0.378 e. The van der Waals surface area contributed by atoms with Crippen LogP contribution in [0.2, 0.25) is 0 Å². The highest BCUT2D eigenvalue weighted by Crippen LogP contribution is 2.22. The normalized spacial score (nSPS) is 15.7. The number of ketones is 1. The number of Topliss-reactive ketones (excluding diaryl/α,β-unsaturated/α-hetero) is 1. The Morgan fingerprint density at radius 3 is 2.19 bits per heavy atom. The zero-order valence-corrected chi connectivity index (χ0v) is 19.2. The van der Waals surface area contributed by atoms with Crippen LogP contribution in [0, 0.1) is 0 Å². The highest BCUT2D eigenvalue weighted by atomic mass is 32.2. The van der Waals surface area contributed by atoms with Gasteiger partial charge in [-0.15, -0.1) is 0 Å². The average Bonchev–Trinajstić information content (AvgIpc) is 2.78. The molecule has 1 aliphatic heterocycles. The maximum Gasteiger partial charge on any atom is 0.243 e. The highest BCUT2D eigenvalue weighted by molar-refractivity contribution is 7.89. The smallest absolute Gasteiger partial charge is 0.243 e. The summed E-state index contributed by atoms with van der Waals surface area (Å²) in [7, 11) is -4.27. The van der Waals surface area contributed by atoms with E-state index in [4.69, 9.17) is 0 Å². The first kappa shape index (κ1) is 23.4. The minimum atomic E-state index is -3.63. The molecular formula is C21H27N3O5S2. The Morgan fingerprint density at radius 1 is 0.935 bits per heavy atom. The third-order valence-electron chi connectivity index (χ3n) is 5.19. The van der Waals surface area contributed by atoms with Gasteiger partial charge in [0, 0.05) is 38.4 Å². The van der Waals surface area contributed by atoms with Gasteiger partial charge >= 0.3 is 0 Å².